The van der Waals surface area contributed by atoms with Crippen molar-refractivity contribution in [3.05, 3.63) is 53.1 Å². The molecule has 1 N–H and O–H groups in total. The van der Waals surface area contributed by atoms with Gasteiger partial charge in [-0.15, -0.1) is 0 Å². The van der Waals surface area contributed by atoms with E-state index in [4.69, 9.17) is 0 Å². The van der Waals surface area contributed by atoms with Crippen LogP contribution in [-0.4, -0.2) is 56.4 Å². The largest absolute Gasteiger partial charge is 0.353 e. The second-order valence-electron chi connectivity index (χ2n) is 7.42. The predicted molar refractivity (Wildman–Crippen MR) is 111 cm³/mol. The number of nitrogens with one attached hydrogen (secondary N) is 1. The van der Waals surface area contributed by atoms with Gasteiger partial charge in [0.2, 0.25) is 5.91 Å². The number of carbonyl (C=O) groups is 1. The molecule has 2 aromatic heterocycles. The van der Waals surface area contributed by atoms with E-state index in [0.29, 0.717) is 17.8 Å². The molecule has 0 radical (unpaired) electrons. The van der Waals surface area contributed by atoms with Crippen LogP contribution in [0, 0.1) is 0 Å². The summed E-state index contributed by atoms with van der Waals surface area (Å²) in [6.07, 6.45) is 6.50. The Labute approximate surface area is 169 Å². The number of amides is 1. The van der Waals surface area contributed by atoms with Crippen molar-refractivity contribution in [3.8, 4) is 11.3 Å². The fourth-order valence-corrected chi connectivity index (χ4v) is 3.71. The Hall–Kier alpha value is -3.00. The number of rotatable bonds is 6. The number of likely N-dealkylation sites (tertiary alicyclic amines) is 1. The van der Waals surface area contributed by atoms with Crippen molar-refractivity contribution >= 4 is 11.4 Å². The van der Waals surface area contributed by atoms with Gasteiger partial charge in [0.25, 0.3) is 5.56 Å². The Morgan fingerprint density at radius 1 is 1.07 bits per heavy atom. The van der Waals surface area contributed by atoms with E-state index in [1.54, 1.807) is 6.07 Å². The maximum absolute atomic E-state index is 12.7. The van der Waals surface area contributed by atoms with E-state index >= 15 is 0 Å². The lowest BCUT2D eigenvalue weighted by Gasteiger charge is -2.19. The Kier molecular flexibility index (Phi) is 6.00. The van der Waals surface area contributed by atoms with Crippen molar-refractivity contribution in [2.75, 3.05) is 26.2 Å². The van der Waals surface area contributed by atoms with E-state index in [0.717, 1.165) is 25.2 Å². The van der Waals surface area contributed by atoms with Crippen molar-refractivity contribution < 1.29 is 4.79 Å². The highest BCUT2D eigenvalue weighted by Crippen LogP contribution is 2.17. The fraction of sp³-hybridized carbons (Fsp3) is 0.429. The van der Waals surface area contributed by atoms with Gasteiger partial charge in [0.1, 0.15) is 18.4 Å². The molecule has 0 saturated carbocycles. The minimum Gasteiger partial charge on any atom is -0.353 e. The topological polar surface area (TPSA) is 84.5 Å². The van der Waals surface area contributed by atoms with E-state index in [1.807, 2.05) is 30.3 Å². The van der Waals surface area contributed by atoms with Crippen LogP contribution >= 0.6 is 0 Å². The summed E-state index contributed by atoms with van der Waals surface area (Å²) in [5.74, 6) is -0.207. The van der Waals surface area contributed by atoms with Crippen LogP contribution in [-0.2, 0) is 11.3 Å². The van der Waals surface area contributed by atoms with Gasteiger partial charge in [-0.25, -0.2) is 9.20 Å². The van der Waals surface area contributed by atoms with E-state index in [2.05, 4.69) is 20.4 Å². The maximum atomic E-state index is 12.7. The standard InChI is InChI=1S/C21H26N6O2/c28-20(22-10-13-25-11-6-1-2-7-12-25)15-26-21(29)19-14-18(24-27(19)16-23-26)17-8-4-3-5-9-17/h3-5,8-9,14,16H,1-2,6-7,10-13,15H2,(H,22,28). The quantitative estimate of drug-likeness (QED) is 0.686. The number of fused-ring (bicyclic) bond motifs is 1. The molecule has 8 nitrogen and oxygen atoms in total. The van der Waals surface area contributed by atoms with Gasteiger partial charge in [0.05, 0.1) is 5.69 Å². The first kappa shape index (κ1) is 19.3. The molecule has 4 rings (SSSR count). The summed E-state index contributed by atoms with van der Waals surface area (Å²) in [6.45, 7) is 3.52. The zero-order chi connectivity index (χ0) is 20.1. The monoisotopic (exact) mass is 394 g/mol. The first-order valence-electron chi connectivity index (χ1n) is 10.2. The van der Waals surface area contributed by atoms with Gasteiger partial charge >= 0.3 is 0 Å². The van der Waals surface area contributed by atoms with Gasteiger partial charge in [-0.05, 0) is 32.0 Å². The smallest absolute Gasteiger partial charge is 0.293 e. The van der Waals surface area contributed by atoms with Crippen molar-refractivity contribution in [3.63, 3.8) is 0 Å². The summed E-state index contributed by atoms with van der Waals surface area (Å²) in [6, 6.07) is 11.4. The molecule has 0 spiro atoms. The predicted octanol–water partition coefficient (Wildman–Crippen LogP) is 1.55. The SMILES string of the molecule is O=C(Cn1ncn2nc(-c3ccccc3)cc2c1=O)NCCN1CCCCCC1. The van der Waals surface area contributed by atoms with Crippen LogP contribution in [0.2, 0.25) is 0 Å². The molecule has 3 heterocycles. The average Bonchev–Trinajstić information content (AvgIpc) is 3.01. The fourth-order valence-electron chi connectivity index (χ4n) is 3.71. The van der Waals surface area contributed by atoms with Crippen LogP contribution in [0.4, 0.5) is 0 Å². The first-order chi connectivity index (χ1) is 14.2. The van der Waals surface area contributed by atoms with Crippen LogP contribution in [0.1, 0.15) is 25.7 Å². The third-order valence-corrected chi connectivity index (χ3v) is 5.30. The van der Waals surface area contributed by atoms with Crippen LogP contribution in [0.3, 0.4) is 0 Å². The van der Waals surface area contributed by atoms with Gasteiger partial charge in [-0.2, -0.15) is 10.2 Å². The summed E-state index contributed by atoms with van der Waals surface area (Å²) in [5.41, 5.74) is 1.69. The van der Waals surface area contributed by atoms with Gasteiger partial charge in [-0.1, -0.05) is 43.2 Å². The number of hydrogen-bond acceptors (Lipinski definition) is 5. The van der Waals surface area contributed by atoms with Crippen LogP contribution in [0.5, 0.6) is 0 Å². The van der Waals surface area contributed by atoms with Crippen molar-refractivity contribution in [1.82, 2.24) is 29.6 Å². The number of nitrogens with zero attached hydrogens (tertiary/aromatic N) is 5. The number of benzene rings is 1. The zero-order valence-electron chi connectivity index (χ0n) is 16.5. The molecule has 152 valence electrons. The first-order valence-corrected chi connectivity index (χ1v) is 10.2. The lowest BCUT2D eigenvalue weighted by molar-refractivity contribution is -0.121. The maximum Gasteiger partial charge on any atom is 0.293 e. The Morgan fingerprint density at radius 2 is 1.83 bits per heavy atom. The van der Waals surface area contributed by atoms with Crippen LogP contribution in [0.25, 0.3) is 16.8 Å². The summed E-state index contributed by atoms with van der Waals surface area (Å²) >= 11 is 0. The van der Waals surface area contributed by atoms with E-state index in [1.165, 1.54) is 41.2 Å². The molecule has 1 saturated heterocycles. The molecular weight excluding hydrogens is 368 g/mol. The van der Waals surface area contributed by atoms with E-state index in [-0.39, 0.29) is 18.0 Å². The molecule has 1 aliphatic heterocycles. The molecule has 0 bridgehead atoms. The molecule has 0 atom stereocenters. The Morgan fingerprint density at radius 3 is 2.59 bits per heavy atom. The highest BCUT2D eigenvalue weighted by molar-refractivity contribution is 5.75. The zero-order valence-corrected chi connectivity index (χ0v) is 16.5. The van der Waals surface area contributed by atoms with Crippen molar-refractivity contribution in [2.24, 2.45) is 0 Å². The summed E-state index contributed by atoms with van der Waals surface area (Å²) in [7, 11) is 0. The summed E-state index contributed by atoms with van der Waals surface area (Å²) in [4.78, 5) is 27.4. The molecule has 1 aliphatic rings. The molecule has 8 heteroatoms. The second-order valence-corrected chi connectivity index (χ2v) is 7.42. The number of carbonyl (C=O) groups excluding carboxylic acids is 1. The molecule has 0 aliphatic carbocycles. The second kappa shape index (κ2) is 9.00. The van der Waals surface area contributed by atoms with E-state index < -0.39 is 0 Å². The summed E-state index contributed by atoms with van der Waals surface area (Å²) < 4.78 is 2.64. The van der Waals surface area contributed by atoms with Crippen LogP contribution < -0.4 is 10.9 Å². The van der Waals surface area contributed by atoms with E-state index in [9.17, 15) is 9.59 Å². The third kappa shape index (κ3) is 4.71. The molecule has 3 aromatic rings. The minimum absolute atomic E-state index is 0.0960. The lowest BCUT2D eigenvalue weighted by Crippen LogP contribution is -2.38. The van der Waals surface area contributed by atoms with Crippen LogP contribution in [0.15, 0.2) is 47.5 Å². The molecule has 0 unspecified atom stereocenters. The molecule has 29 heavy (non-hydrogen) atoms. The Bertz CT molecular complexity index is 1020. The van der Waals surface area contributed by atoms with Gasteiger partial charge in [0, 0.05) is 18.7 Å². The molecule has 1 aromatic carbocycles. The highest BCUT2D eigenvalue weighted by atomic mass is 16.2. The molecular formula is C21H26N6O2. The Balaban J connectivity index is 1.39. The van der Waals surface area contributed by atoms with Crippen molar-refractivity contribution in [2.45, 2.75) is 32.2 Å². The van der Waals surface area contributed by atoms with Crippen molar-refractivity contribution in [1.29, 1.82) is 0 Å². The lowest BCUT2D eigenvalue weighted by atomic mass is 10.1. The number of hydrogen-bond donors (Lipinski definition) is 1. The van der Waals surface area contributed by atoms with Gasteiger partial charge in [-0.3, -0.25) is 9.59 Å². The third-order valence-electron chi connectivity index (χ3n) is 5.30. The van der Waals surface area contributed by atoms with Gasteiger partial charge in [0.15, 0.2) is 0 Å². The molecule has 1 fully saturated rings. The average molecular weight is 394 g/mol. The number of aromatic nitrogens is 4. The summed E-state index contributed by atoms with van der Waals surface area (Å²) in [5, 5.41) is 11.4. The highest BCUT2D eigenvalue weighted by Gasteiger charge is 2.13. The molecule has 1 amide bonds. The minimum atomic E-state index is -0.329. The normalized spacial score (nSPS) is 15.3. The van der Waals surface area contributed by atoms with Gasteiger partial charge < -0.3 is 10.2 Å².